The molecule has 2 heteroatoms. The highest BCUT2D eigenvalue weighted by Crippen LogP contribution is 2.31. The van der Waals surface area contributed by atoms with E-state index in [1.54, 1.807) is 0 Å². The molecule has 0 bridgehead atoms. The lowest BCUT2D eigenvalue weighted by Gasteiger charge is -2.15. The molecule has 0 spiro atoms. The fourth-order valence-electron chi connectivity index (χ4n) is 1.63. The lowest BCUT2D eigenvalue weighted by atomic mass is 10.0. The highest BCUT2D eigenvalue weighted by molar-refractivity contribution is 5.35. The van der Waals surface area contributed by atoms with Gasteiger partial charge in [0.25, 0.3) is 0 Å². The van der Waals surface area contributed by atoms with Gasteiger partial charge in [0.2, 0.25) is 0 Å². The summed E-state index contributed by atoms with van der Waals surface area (Å²) in [4.78, 5) is 0. The molecule has 1 aromatic carbocycles. The van der Waals surface area contributed by atoms with Crippen molar-refractivity contribution in [3.8, 4) is 5.75 Å². The molecule has 0 amide bonds. The van der Waals surface area contributed by atoms with Crippen LogP contribution in [0.4, 0.5) is 0 Å². The van der Waals surface area contributed by atoms with Crippen molar-refractivity contribution in [1.29, 1.82) is 0 Å². The topological polar surface area (TPSA) is 35.2 Å². The summed E-state index contributed by atoms with van der Waals surface area (Å²) in [6.45, 7) is 2.95. The van der Waals surface area contributed by atoms with Gasteiger partial charge in [0.15, 0.2) is 0 Å². The van der Waals surface area contributed by atoms with E-state index in [1.807, 2.05) is 18.2 Å². The van der Waals surface area contributed by atoms with Crippen LogP contribution >= 0.6 is 0 Å². The molecule has 1 aromatic rings. The smallest absolute Gasteiger partial charge is 0.124 e. The summed E-state index contributed by atoms with van der Waals surface area (Å²) in [5, 5.41) is 0. The van der Waals surface area contributed by atoms with Gasteiger partial charge < -0.3 is 10.5 Å². The maximum atomic E-state index is 6.04. The van der Waals surface area contributed by atoms with Gasteiger partial charge in [0.05, 0.1) is 6.61 Å². The van der Waals surface area contributed by atoms with E-state index in [4.69, 9.17) is 10.5 Å². The number of hydrogen-bond acceptors (Lipinski definition) is 2. The minimum absolute atomic E-state index is 0.0976. The van der Waals surface area contributed by atoms with Crippen LogP contribution in [0.3, 0.4) is 0 Å². The zero-order valence-electron chi connectivity index (χ0n) is 9.28. The standard InChI is InChI=1S/C13H19NO/c1-2-12(14)11-5-3-4-6-13(11)15-9-10-7-8-10/h3-6,10,12H,2,7-9,14H2,1H3/t12-/m1/s1. The predicted molar refractivity (Wildman–Crippen MR) is 61.9 cm³/mol. The molecule has 0 heterocycles. The Bertz CT molecular complexity index is 320. The first kappa shape index (κ1) is 10.5. The maximum absolute atomic E-state index is 6.04. The van der Waals surface area contributed by atoms with Crippen molar-refractivity contribution in [3.63, 3.8) is 0 Å². The number of rotatable bonds is 5. The molecule has 2 rings (SSSR count). The van der Waals surface area contributed by atoms with E-state index >= 15 is 0 Å². The summed E-state index contributed by atoms with van der Waals surface area (Å²) in [5.74, 6) is 1.76. The zero-order chi connectivity index (χ0) is 10.7. The van der Waals surface area contributed by atoms with E-state index in [0.717, 1.165) is 30.3 Å². The molecule has 1 saturated carbocycles. The first-order chi connectivity index (χ1) is 7.31. The molecule has 0 radical (unpaired) electrons. The van der Waals surface area contributed by atoms with Crippen molar-refractivity contribution in [1.82, 2.24) is 0 Å². The molecule has 2 nitrogen and oxygen atoms in total. The first-order valence-corrected chi connectivity index (χ1v) is 5.78. The van der Waals surface area contributed by atoms with E-state index in [2.05, 4.69) is 13.0 Å². The number of nitrogens with two attached hydrogens (primary N) is 1. The minimum Gasteiger partial charge on any atom is -0.493 e. The third-order valence-corrected chi connectivity index (χ3v) is 2.93. The molecule has 0 unspecified atom stereocenters. The van der Waals surface area contributed by atoms with Crippen molar-refractivity contribution >= 4 is 0 Å². The Balaban J connectivity index is 2.05. The van der Waals surface area contributed by atoms with Crippen molar-refractivity contribution in [2.45, 2.75) is 32.2 Å². The molecular weight excluding hydrogens is 186 g/mol. The van der Waals surface area contributed by atoms with Gasteiger partial charge in [-0.1, -0.05) is 25.1 Å². The second-order valence-electron chi connectivity index (χ2n) is 4.31. The fourth-order valence-corrected chi connectivity index (χ4v) is 1.63. The van der Waals surface area contributed by atoms with Crippen LogP contribution in [-0.4, -0.2) is 6.61 Å². The fraction of sp³-hybridized carbons (Fsp3) is 0.538. The quantitative estimate of drug-likeness (QED) is 0.802. The van der Waals surface area contributed by atoms with Crippen molar-refractivity contribution in [3.05, 3.63) is 29.8 Å². The summed E-state index contributed by atoms with van der Waals surface area (Å²) in [6.07, 6.45) is 3.59. The van der Waals surface area contributed by atoms with Crippen LogP contribution in [-0.2, 0) is 0 Å². The average Bonchev–Trinajstić information content (AvgIpc) is 3.09. The Morgan fingerprint density at radius 2 is 2.13 bits per heavy atom. The van der Waals surface area contributed by atoms with Gasteiger partial charge in [-0.3, -0.25) is 0 Å². The van der Waals surface area contributed by atoms with Crippen LogP contribution in [0.5, 0.6) is 5.75 Å². The summed E-state index contributed by atoms with van der Waals surface area (Å²) < 4.78 is 5.80. The average molecular weight is 205 g/mol. The van der Waals surface area contributed by atoms with E-state index in [0.29, 0.717) is 0 Å². The van der Waals surface area contributed by atoms with Gasteiger partial charge in [0, 0.05) is 11.6 Å². The normalized spacial score (nSPS) is 17.5. The first-order valence-electron chi connectivity index (χ1n) is 5.78. The Hall–Kier alpha value is -1.02. The highest BCUT2D eigenvalue weighted by Gasteiger charge is 2.22. The molecule has 1 atom stereocenters. The van der Waals surface area contributed by atoms with Crippen LogP contribution in [0.1, 0.15) is 37.8 Å². The second kappa shape index (κ2) is 4.67. The molecule has 82 valence electrons. The lowest BCUT2D eigenvalue weighted by molar-refractivity contribution is 0.295. The zero-order valence-corrected chi connectivity index (χ0v) is 9.28. The van der Waals surface area contributed by atoms with Gasteiger partial charge in [-0.25, -0.2) is 0 Å². The largest absolute Gasteiger partial charge is 0.493 e. The molecule has 0 saturated heterocycles. The highest BCUT2D eigenvalue weighted by atomic mass is 16.5. The summed E-state index contributed by atoms with van der Waals surface area (Å²) in [6, 6.07) is 8.22. The predicted octanol–water partition coefficient (Wildman–Crippen LogP) is 2.89. The summed E-state index contributed by atoms with van der Waals surface area (Å²) in [5.41, 5.74) is 7.18. The Labute approximate surface area is 91.4 Å². The summed E-state index contributed by atoms with van der Waals surface area (Å²) >= 11 is 0. The Morgan fingerprint density at radius 1 is 1.40 bits per heavy atom. The van der Waals surface area contributed by atoms with E-state index in [9.17, 15) is 0 Å². The van der Waals surface area contributed by atoms with E-state index < -0.39 is 0 Å². The minimum atomic E-state index is 0.0976. The molecule has 2 N–H and O–H groups in total. The third-order valence-electron chi connectivity index (χ3n) is 2.93. The number of ether oxygens (including phenoxy) is 1. The van der Waals surface area contributed by atoms with Crippen molar-refractivity contribution in [2.75, 3.05) is 6.61 Å². The molecule has 1 aliphatic carbocycles. The van der Waals surface area contributed by atoms with Crippen LogP contribution in [0, 0.1) is 5.92 Å². The maximum Gasteiger partial charge on any atom is 0.124 e. The van der Waals surface area contributed by atoms with E-state index in [1.165, 1.54) is 12.8 Å². The summed E-state index contributed by atoms with van der Waals surface area (Å²) in [7, 11) is 0. The lowest BCUT2D eigenvalue weighted by Crippen LogP contribution is -2.11. The molecule has 15 heavy (non-hydrogen) atoms. The molecule has 0 aliphatic heterocycles. The van der Waals surface area contributed by atoms with Crippen LogP contribution in [0.15, 0.2) is 24.3 Å². The molecule has 0 aromatic heterocycles. The SMILES string of the molecule is CC[C@@H](N)c1ccccc1OCC1CC1. The molecular formula is C13H19NO. The monoisotopic (exact) mass is 205 g/mol. The van der Waals surface area contributed by atoms with Gasteiger partial charge in [0.1, 0.15) is 5.75 Å². The number of para-hydroxylation sites is 1. The van der Waals surface area contributed by atoms with Crippen molar-refractivity contribution < 1.29 is 4.74 Å². The van der Waals surface area contributed by atoms with Crippen LogP contribution < -0.4 is 10.5 Å². The Kier molecular flexibility index (Phi) is 3.27. The van der Waals surface area contributed by atoms with Gasteiger partial charge in [-0.2, -0.15) is 0 Å². The molecule has 1 fully saturated rings. The van der Waals surface area contributed by atoms with Gasteiger partial charge in [-0.05, 0) is 31.2 Å². The molecule has 1 aliphatic rings. The van der Waals surface area contributed by atoms with Gasteiger partial charge in [-0.15, -0.1) is 0 Å². The van der Waals surface area contributed by atoms with Crippen LogP contribution in [0.25, 0.3) is 0 Å². The van der Waals surface area contributed by atoms with E-state index in [-0.39, 0.29) is 6.04 Å². The number of benzene rings is 1. The van der Waals surface area contributed by atoms with Crippen LogP contribution in [0.2, 0.25) is 0 Å². The number of hydrogen-bond donors (Lipinski definition) is 1. The second-order valence-corrected chi connectivity index (χ2v) is 4.31. The Morgan fingerprint density at radius 3 is 2.80 bits per heavy atom. The van der Waals surface area contributed by atoms with Crippen molar-refractivity contribution in [2.24, 2.45) is 11.7 Å². The third kappa shape index (κ3) is 2.72. The van der Waals surface area contributed by atoms with Gasteiger partial charge >= 0.3 is 0 Å².